The van der Waals surface area contributed by atoms with Crippen LogP contribution in [-0.4, -0.2) is 30.8 Å². The highest BCUT2D eigenvalue weighted by Gasteiger charge is 2.08. The third kappa shape index (κ3) is 10.0. The lowest BCUT2D eigenvalue weighted by molar-refractivity contribution is -0.120. The summed E-state index contributed by atoms with van der Waals surface area (Å²) in [5.74, 6) is 0.210. The molecular weight excluding hydrogens is 218 g/mol. The smallest absolute Gasteiger partial charge is 0.224 e. The van der Waals surface area contributed by atoms with Crippen LogP contribution in [0.4, 0.5) is 0 Å². The second-order valence-corrected chi connectivity index (χ2v) is 4.28. The Labute approximate surface area is 104 Å². The second kappa shape index (κ2) is 10.3. The van der Waals surface area contributed by atoms with Crippen LogP contribution in [0.2, 0.25) is 0 Å². The largest absolute Gasteiger partial charge is 0.396 e. The van der Waals surface area contributed by atoms with Gasteiger partial charge >= 0.3 is 0 Å². The van der Waals surface area contributed by atoms with Crippen LogP contribution in [0, 0.1) is 5.92 Å². The van der Waals surface area contributed by atoms with Crippen molar-refractivity contribution in [2.75, 3.05) is 19.8 Å². The summed E-state index contributed by atoms with van der Waals surface area (Å²) in [6, 6.07) is 0. The van der Waals surface area contributed by atoms with Crippen LogP contribution < -0.4 is 5.32 Å². The fourth-order valence-corrected chi connectivity index (χ4v) is 1.53. The minimum atomic E-state index is 0.0165. The number of unbranched alkanes of at least 4 members (excludes halogenated alkanes) is 1. The Morgan fingerprint density at radius 1 is 1.47 bits per heavy atom. The predicted octanol–water partition coefficient (Wildman–Crippen LogP) is 1.84. The van der Waals surface area contributed by atoms with E-state index in [4.69, 9.17) is 9.84 Å². The molecule has 0 fully saturated rings. The summed E-state index contributed by atoms with van der Waals surface area (Å²) in [4.78, 5) is 11.3. The van der Waals surface area contributed by atoms with Gasteiger partial charge in [0, 0.05) is 31.2 Å². The Balaban J connectivity index is 3.54. The van der Waals surface area contributed by atoms with E-state index in [9.17, 15) is 4.79 Å². The van der Waals surface area contributed by atoms with E-state index in [-0.39, 0.29) is 18.4 Å². The number of aliphatic hydroxyl groups excluding tert-OH is 1. The van der Waals surface area contributed by atoms with Gasteiger partial charge in [0.15, 0.2) is 0 Å². The number of carbonyl (C=O) groups excluding carboxylic acids is 1. The maximum Gasteiger partial charge on any atom is 0.224 e. The van der Waals surface area contributed by atoms with E-state index < -0.39 is 0 Å². The minimum absolute atomic E-state index is 0.0165. The number of allylic oxidation sites excluding steroid dienone is 1. The van der Waals surface area contributed by atoms with Gasteiger partial charge in [0.05, 0.1) is 6.61 Å². The van der Waals surface area contributed by atoms with Gasteiger partial charge in [-0.2, -0.15) is 0 Å². The molecule has 0 rings (SSSR count). The van der Waals surface area contributed by atoms with Gasteiger partial charge in [-0.05, 0) is 26.7 Å². The monoisotopic (exact) mass is 243 g/mol. The molecule has 0 bridgehead atoms. The van der Waals surface area contributed by atoms with Gasteiger partial charge < -0.3 is 15.2 Å². The standard InChI is InChI=1S/C13H25NO3/c1-4-17-10-12(9-15)7-5-6-8-13(16)14-11(2)3/h12,15H,2,4-10H2,1,3H3,(H,14,16). The molecule has 100 valence electrons. The van der Waals surface area contributed by atoms with E-state index in [1.165, 1.54) is 0 Å². The van der Waals surface area contributed by atoms with Crippen LogP contribution in [0.3, 0.4) is 0 Å². The first-order chi connectivity index (χ1) is 8.10. The topological polar surface area (TPSA) is 58.6 Å². The van der Waals surface area contributed by atoms with E-state index >= 15 is 0 Å². The molecule has 0 radical (unpaired) electrons. The van der Waals surface area contributed by atoms with Crippen molar-refractivity contribution in [3.8, 4) is 0 Å². The molecule has 2 N–H and O–H groups in total. The molecule has 0 aliphatic carbocycles. The van der Waals surface area contributed by atoms with E-state index in [1.807, 2.05) is 6.92 Å². The minimum Gasteiger partial charge on any atom is -0.396 e. The Bertz CT molecular complexity index is 229. The summed E-state index contributed by atoms with van der Waals surface area (Å²) in [7, 11) is 0. The highest BCUT2D eigenvalue weighted by atomic mass is 16.5. The van der Waals surface area contributed by atoms with E-state index in [0.29, 0.717) is 25.3 Å². The number of amides is 1. The van der Waals surface area contributed by atoms with Crippen molar-refractivity contribution >= 4 is 5.91 Å². The summed E-state index contributed by atoms with van der Waals surface area (Å²) < 4.78 is 5.27. The molecule has 0 saturated heterocycles. The number of hydrogen-bond acceptors (Lipinski definition) is 3. The van der Waals surface area contributed by atoms with Crippen molar-refractivity contribution in [3.63, 3.8) is 0 Å². The lowest BCUT2D eigenvalue weighted by Gasteiger charge is -2.13. The molecule has 1 unspecified atom stereocenters. The lowest BCUT2D eigenvalue weighted by Crippen LogP contribution is -2.20. The normalized spacial score (nSPS) is 12.2. The molecule has 0 aliphatic rings. The van der Waals surface area contributed by atoms with Gasteiger partial charge in [-0.1, -0.05) is 13.0 Å². The highest BCUT2D eigenvalue weighted by molar-refractivity contribution is 5.77. The molecule has 0 aromatic rings. The van der Waals surface area contributed by atoms with Crippen LogP contribution in [0.15, 0.2) is 12.3 Å². The Morgan fingerprint density at radius 3 is 2.71 bits per heavy atom. The average Bonchev–Trinajstić information content (AvgIpc) is 2.27. The summed E-state index contributed by atoms with van der Waals surface area (Å²) in [6.45, 7) is 8.75. The van der Waals surface area contributed by atoms with E-state index in [2.05, 4.69) is 11.9 Å². The maximum atomic E-state index is 11.3. The van der Waals surface area contributed by atoms with Crippen LogP contribution in [0.1, 0.15) is 39.5 Å². The van der Waals surface area contributed by atoms with Crippen LogP contribution in [0.25, 0.3) is 0 Å². The van der Waals surface area contributed by atoms with Gasteiger partial charge in [-0.25, -0.2) is 0 Å². The maximum absolute atomic E-state index is 11.3. The van der Waals surface area contributed by atoms with E-state index in [1.54, 1.807) is 6.92 Å². The first kappa shape index (κ1) is 16.1. The van der Waals surface area contributed by atoms with Crippen molar-refractivity contribution < 1.29 is 14.6 Å². The van der Waals surface area contributed by atoms with Crippen LogP contribution in [0.5, 0.6) is 0 Å². The Morgan fingerprint density at radius 2 is 2.18 bits per heavy atom. The zero-order chi connectivity index (χ0) is 13.1. The third-order valence-corrected chi connectivity index (χ3v) is 2.43. The molecule has 4 nitrogen and oxygen atoms in total. The van der Waals surface area contributed by atoms with Gasteiger partial charge in [0.2, 0.25) is 5.91 Å². The second-order valence-electron chi connectivity index (χ2n) is 4.28. The number of nitrogens with one attached hydrogen (secondary N) is 1. The molecule has 1 amide bonds. The molecule has 0 aromatic heterocycles. The zero-order valence-electron chi connectivity index (χ0n) is 11.0. The van der Waals surface area contributed by atoms with Gasteiger partial charge in [0.1, 0.15) is 0 Å². The molecule has 1 atom stereocenters. The number of ether oxygens (including phenoxy) is 1. The molecule has 0 heterocycles. The SMILES string of the molecule is C=C(C)NC(=O)CCCCC(CO)COCC. The molecule has 4 heteroatoms. The van der Waals surface area contributed by atoms with E-state index in [0.717, 1.165) is 19.3 Å². The number of aliphatic hydroxyl groups is 1. The first-order valence-corrected chi connectivity index (χ1v) is 6.24. The molecular formula is C13H25NO3. The molecule has 17 heavy (non-hydrogen) atoms. The van der Waals surface area contributed by atoms with Gasteiger partial charge in [0.25, 0.3) is 0 Å². The fraction of sp³-hybridized carbons (Fsp3) is 0.769. The molecule has 0 saturated carbocycles. The van der Waals surface area contributed by atoms with Crippen molar-refractivity contribution in [3.05, 3.63) is 12.3 Å². The van der Waals surface area contributed by atoms with Crippen molar-refractivity contribution in [2.24, 2.45) is 5.92 Å². The number of hydrogen-bond donors (Lipinski definition) is 2. The van der Waals surface area contributed by atoms with Gasteiger partial charge in [-0.15, -0.1) is 0 Å². The number of rotatable bonds is 10. The van der Waals surface area contributed by atoms with Gasteiger partial charge in [-0.3, -0.25) is 4.79 Å². The summed E-state index contributed by atoms with van der Waals surface area (Å²) in [5.41, 5.74) is 0.680. The van der Waals surface area contributed by atoms with Crippen LogP contribution >= 0.6 is 0 Å². The zero-order valence-corrected chi connectivity index (χ0v) is 11.0. The van der Waals surface area contributed by atoms with Crippen molar-refractivity contribution in [1.82, 2.24) is 5.32 Å². The quantitative estimate of drug-likeness (QED) is 0.576. The van der Waals surface area contributed by atoms with Crippen LogP contribution in [-0.2, 0) is 9.53 Å². The average molecular weight is 243 g/mol. The Kier molecular flexibility index (Phi) is 9.77. The summed E-state index contributed by atoms with van der Waals surface area (Å²) >= 11 is 0. The first-order valence-electron chi connectivity index (χ1n) is 6.24. The lowest BCUT2D eigenvalue weighted by atomic mass is 10.0. The summed E-state index contributed by atoms with van der Waals surface area (Å²) in [5, 5.41) is 11.8. The van der Waals surface area contributed by atoms with Crippen molar-refractivity contribution in [1.29, 1.82) is 0 Å². The third-order valence-electron chi connectivity index (χ3n) is 2.43. The fourth-order valence-electron chi connectivity index (χ4n) is 1.53. The van der Waals surface area contributed by atoms with Crippen molar-refractivity contribution in [2.45, 2.75) is 39.5 Å². The molecule has 0 spiro atoms. The number of carbonyl (C=O) groups is 1. The Hall–Kier alpha value is -0.870. The summed E-state index contributed by atoms with van der Waals surface area (Å²) in [6.07, 6.45) is 3.18. The highest BCUT2D eigenvalue weighted by Crippen LogP contribution is 2.10. The molecule has 0 aromatic carbocycles. The molecule has 0 aliphatic heterocycles. The predicted molar refractivity (Wildman–Crippen MR) is 68.5 cm³/mol.